The van der Waals surface area contributed by atoms with Gasteiger partial charge in [0.15, 0.2) is 0 Å². The standard InChI is InChI=1S/C16H28N6O2/c1-6-22(9-13(23)24)12-7-11(8-12)17-15-18-14(10(2)3)19-16(20-15)21(4)5/h10-12H,6-9H2,1-5H3,(H,23,24)(H,17,18,19,20). The van der Waals surface area contributed by atoms with E-state index >= 15 is 0 Å². The van der Waals surface area contributed by atoms with Crippen LogP contribution in [0.3, 0.4) is 0 Å². The van der Waals surface area contributed by atoms with Crippen LogP contribution in [-0.4, -0.2) is 70.2 Å². The first-order valence-electron chi connectivity index (χ1n) is 8.45. The maximum Gasteiger partial charge on any atom is 0.317 e. The highest BCUT2D eigenvalue weighted by Gasteiger charge is 2.34. The lowest BCUT2D eigenvalue weighted by atomic mass is 9.85. The summed E-state index contributed by atoms with van der Waals surface area (Å²) in [5.74, 6) is 1.47. The first-order valence-corrected chi connectivity index (χ1v) is 8.45. The average Bonchev–Trinajstić information content (AvgIpc) is 2.47. The molecule has 0 amide bonds. The van der Waals surface area contributed by atoms with Gasteiger partial charge in [0.05, 0.1) is 6.54 Å². The van der Waals surface area contributed by atoms with Crippen molar-refractivity contribution < 1.29 is 9.90 Å². The molecule has 1 heterocycles. The van der Waals surface area contributed by atoms with Crippen LogP contribution in [0.5, 0.6) is 0 Å². The number of carbonyl (C=O) groups is 1. The smallest absolute Gasteiger partial charge is 0.317 e. The largest absolute Gasteiger partial charge is 0.480 e. The molecule has 0 unspecified atom stereocenters. The third kappa shape index (κ3) is 4.53. The van der Waals surface area contributed by atoms with Crippen LogP contribution in [0.25, 0.3) is 0 Å². The molecule has 0 saturated heterocycles. The van der Waals surface area contributed by atoms with E-state index in [0.29, 0.717) is 17.9 Å². The van der Waals surface area contributed by atoms with Crippen LogP contribution in [0.4, 0.5) is 11.9 Å². The van der Waals surface area contributed by atoms with Crippen molar-refractivity contribution in [1.29, 1.82) is 0 Å². The van der Waals surface area contributed by atoms with Crippen molar-refractivity contribution in [2.75, 3.05) is 37.4 Å². The maximum absolute atomic E-state index is 10.9. The van der Waals surface area contributed by atoms with Crippen molar-refractivity contribution in [1.82, 2.24) is 19.9 Å². The lowest BCUT2D eigenvalue weighted by Crippen LogP contribution is -2.51. The zero-order valence-electron chi connectivity index (χ0n) is 15.2. The fraction of sp³-hybridized carbons (Fsp3) is 0.750. The molecule has 0 spiro atoms. The van der Waals surface area contributed by atoms with E-state index in [1.54, 1.807) is 0 Å². The number of hydrogen-bond acceptors (Lipinski definition) is 7. The van der Waals surface area contributed by atoms with E-state index in [9.17, 15) is 4.79 Å². The van der Waals surface area contributed by atoms with Crippen LogP contribution in [0, 0.1) is 0 Å². The third-order valence-electron chi connectivity index (χ3n) is 4.26. The second-order valence-corrected chi connectivity index (χ2v) is 6.79. The zero-order chi connectivity index (χ0) is 17.9. The van der Waals surface area contributed by atoms with Gasteiger partial charge in [-0.3, -0.25) is 9.69 Å². The van der Waals surface area contributed by atoms with E-state index < -0.39 is 5.97 Å². The average molecular weight is 336 g/mol. The Balaban J connectivity index is 1.99. The monoisotopic (exact) mass is 336 g/mol. The van der Waals surface area contributed by atoms with E-state index in [4.69, 9.17) is 5.11 Å². The molecule has 0 atom stereocenters. The van der Waals surface area contributed by atoms with Crippen LogP contribution >= 0.6 is 0 Å². The molecule has 1 aliphatic rings. The molecule has 1 aromatic rings. The molecule has 0 aromatic carbocycles. The second kappa shape index (κ2) is 7.74. The van der Waals surface area contributed by atoms with Gasteiger partial charge in [0.2, 0.25) is 11.9 Å². The van der Waals surface area contributed by atoms with E-state index in [1.807, 2.05) is 30.8 Å². The lowest BCUT2D eigenvalue weighted by Gasteiger charge is -2.42. The van der Waals surface area contributed by atoms with Crippen molar-refractivity contribution in [2.45, 2.75) is 51.6 Å². The SMILES string of the molecule is CCN(CC(=O)O)C1CC(Nc2nc(C(C)C)nc(N(C)C)n2)C1. The maximum atomic E-state index is 10.9. The number of rotatable bonds is 8. The van der Waals surface area contributed by atoms with Gasteiger partial charge in [0, 0.05) is 32.1 Å². The number of nitrogens with zero attached hydrogens (tertiary/aromatic N) is 5. The molecule has 134 valence electrons. The number of carboxylic acid groups (broad SMARTS) is 1. The molecular weight excluding hydrogens is 308 g/mol. The molecule has 2 rings (SSSR count). The zero-order valence-corrected chi connectivity index (χ0v) is 15.2. The fourth-order valence-electron chi connectivity index (χ4n) is 2.76. The van der Waals surface area contributed by atoms with E-state index in [2.05, 4.69) is 34.1 Å². The van der Waals surface area contributed by atoms with Crippen LogP contribution < -0.4 is 10.2 Å². The van der Waals surface area contributed by atoms with Gasteiger partial charge in [-0.05, 0) is 19.4 Å². The first kappa shape index (κ1) is 18.4. The summed E-state index contributed by atoms with van der Waals surface area (Å²) < 4.78 is 0. The number of likely N-dealkylation sites (N-methyl/N-ethyl adjacent to an activating group) is 1. The Morgan fingerprint density at radius 3 is 2.46 bits per heavy atom. The highest BCUT2D eigenvalue weighted by atomic mass is 16.4. The van der Waals surface area contributed by atoms with Gasteiger partial charge < -0.3 is 15.3 Å². The van der Waals surface area contributed by atoms with Gasteiger partial charge in [0.1, 0.15) is 5.82 Å². The summed E-state index contributed by atoms with van der Waals surface area (Å²) in [4.78, 5) is 28.2. The topological polar surface area (TPSA) is 94.5 Å². The normalized spacial score (nSPS) is 20.1. The summed E-state index contributed by atoms with van der Waals surface area (Å²) in [5.41, 5.74) is 0. The highest BCUT2D eigenvalue weighted by Crippen LogP contribution is 2.28. The highest BCUT2D eigenvalue weighted by molar-refractivity contribution is 5.69. The first-order chi connectivity index (χ1) is 11.3. The molecule has 2 N–H and O–H groups in total. The van der Waals surface area contributed by atoms with Crippen molar-refractivity contribution in [3.63, 3.8) is 0 Å². The molecule has 1 fully saturated rings. The molecule has 1 aliphatic carbocycles. The van der Waals surface area contributed by atoms with E-state index in [-0.39, 0.29) is 18.5 Å². The molecule has 24 heavy (non-hydrogen) atoms. The minimum atomic E-state index is -0.775. The summed E-state index contributed by atoms with van der Waals surface area (Å²) in [6.07, 6.45) is 1.81. The predicted octanol–water partition coefficient (Wildman–Crippen LogP) is 1.41. The molecule has 8 heteroatoms. The van der Waals surface area contributed by atoms with Gasteiger partial charge >= 0.3 is 5.97 Å². The minimum absolute atomic E-state index is 0.0991. The van der Waals surface area contributed by atoms with Crippen LogP contribution in [0.15, 0.2) is 0 Å². The summed E-state index contributed by atoms with van der Waals surface area (Å²) in [5, 5.41) is 12.3. The summed E-state index contributed by atoms with van der Waals surface area (Å²) in [6, 6.07) is 0.582. The van der Waals surface area contributed by atoms with Crippen molar-refractivity contribution in [3.8, 4) is 0 Å². The second-order valence-electron chi connectivity index (χ2n) is 6.79. The Kier molecular flexibility index (Phi) is 5.93. The summed E-state index contributed by atoms with van der Waals surface area (Å²) >= 11 is 0. The van der Waals surface area contributed by atoms with Gasteiger partial charge in [-0.15, -0.1) is 0 Å². The Hall–Kier alpha value is -1.96. The lowest BCUT2D eigenvalue weighted by molar-refractivity contribution is -0.139. The number of aliphatic carboxylic acids is 1. The Bertz CT molecular complexity index is 545. The number of carboxylic acids is 1. The molecule has 1 aromatic heterocycles. The van der Waals surface area contributed by atoms with Crippen LogP contribution in [0.1, 0.15) is 45.4 Å². The van der Waals surface area contributed by atoms with E-state index in [0.717, 1.165) is 25.2 Å². The quantitative estimate of drug-likeness (QED) is 0.736. The van der Waals surface area contributed by atoms with Gasteiger partial charge in [0.25, 0.3) is 0 Å². The molecule has 1 saturated carbocycles. The number of aromatic nitrogens is 3. The van der Waals surface area contributed by atoms with Gasteiger partial charge in [-0.2, -0.15) is 15.0 Å². The van der Waals surface area contributed by atoms with Crippen LogP contribution in [0.2, 0.25) is 0 Å². The van der Waals surface area contributed by atoms with Gasteiger partial charge in [-0.1, -0.05) is 20.8 Å². The molecule has 8 nitrogen and oxygen atoms in total. The molecule has 0 bridgehead atoms. The van der Waals surface area contributed by atoms with Gasteiger partial charge in [-0.25, -0.2) is 0 Å². The fourth-order valence-corrected chi connectivity index (χ4v) is 2.76. The summed E-state index contributed by atoms with van der Waals surface area (Å²) in [6.45, 7) is 6.96. The number of nitrogens with one attached hydrogen (secondary N) is 1. The van der Waals surface area contributed by atoms with Crippen molar-refractivity contribution in [2.24, 2.45) is 0 Å². The molecule has 0 aliphatic heterocycles. The van der Waals surface area contributed by atoms with Crippen molar-refractivity contribution >= 4 is 17.9 Å². The number of hydrogen-bond donors (Lipinski definition) is 2. The Labute approximate surface area is 143 Å². The molecule has 0 radical (unpaired) electrons. The molecular formula is C16H28N6O2. The van der Waals surface area contributed by atoms with Crippen molar-refractivity contribution in [3.05, 3.63) is 5.82 Å². The van der Waals surface area contributed by atoms with Crippen LogP contribution in [-0.2, 0) is 4.79 Å². The minimum Gasteiger partial charge on any atom is -0.480 e. The Morgan fingerprint density at radius 1 is 1.29 bits per heavy atom. The predicted molar refractivity (Wildman–Crippen MR) is 93.6 cm³/mol. The summed E-state index contributed by atoms with van der Waals surface area (Å²) in [7, 11) is 3.82. The third-order valence-corrected chi connectivity index (χ3v) is 4.26. The Morgan fingerprint density at radius 2 is 1.96 bits per heavy atom. The number of anilines is 2. The van der Waals surface area contributed by atoms with E-state index in [1.165, 1.54) is 0 Å².